The Morgan fingerprint density at radius 2 is 2.25 bits per heavy atom. The van der Waals surface area contributed by atoms with Crippen LogP contribution in [0.5, 0.6) is 0 Å². The Hall–Kier alpha value is -0.350. The summed E-state index contributed by atoms with van der Waals surface area (Å²) in [5, 5.41) is 4.94. The van der Waals surface area contributed by atoms with Crippen LogP contribution in [0.2, 0.25) is 0 Å². The molecule has 0 saturated heterocycles. The minimum atomic E-state index is 0.0256. The van der Waals surface area contributed by atoms with Crippen molar-refractivity contribution in [2.45, 2.75) is 39.7 Å². The van der Waals surface area contributed by atoms with Gasteiger partial charge >= 0.3 is 0 Å². The Bertz CT molecular complexity index is 351. The summed E-state index contributed by atoms with van der Waals surface area (Å²) in [6.07, 6.45) is 2.19. The Morgan fingerprint density at radius 3 is 2.75 bits per heavy atom. The monoisotopic (exact) mass is 303 g/mol. The smallest absolute Gasteiger partial charge is 0.262 e. The second-order valence-electron chi connectivity index (χ2n) is 4.22. The molecule has 2 atom stereocenters. The number of nitrogens with one attached hydrogen (secondary N) is 1. The van der Waals surface area contributed by atoms with Crippen molar-refractivity contribution >= 4 is 33.2 Å². The molecule has 2 nitrogen and oxygen atoms in total. The first-order chi connectivity index (χ1) is 7.54. The highest BCUT2D eigenvalue weighted by Crippen LogP contribution is 2.22. The molecular formula is C12H18BrNOS. The van der Waals surface area contributed by atoms with Crippen LogP contribution in [0.15, 0.2) is 15.9 Å². The molecule has 1 N–H and O–H groups in total. The molecule has 1 heterocycles. The van der Waals surface area contributed by atoms with Crippen LogP contribution in [0.25, 0.3) is 0 Å². The van der Waals surface area contributed by atoms with E-state index in [1.165, 1.54) is 11.3 Å². The molecule has 4 heteroatoms. The van der Waals surface area contributed by atoms with Gasteiger partial charge in [-0.1, -0.05) is 20.3 Å². The van der Waals surface area contributed by atoms with Crippen molar-refractivity contribution < 1.29 is 4.79 Å². The molecule has 0 aromatic carbocycles. The van der Waals surface area contributed by atoms with Gasteiger partial charge in [0.15, 0.2) is 0 Å². The van der Waals surface area contributed by atoms with Crippen molar-refractivity contribution in [3.8, 4) is 0 Å². The number of hydrogen-bond acceptors (Lipinski definition) is 2. The Balaban J connectivity index is 2.49. The molecule has 0 fully saturated rings. The molecule has 0 saturated carbocycles. The number of carbonyl (C=O) groups excluding carboxylic acids is 1. The van der Waals surface area contributed by atoms with E-state index in [9.17, 15) is 4.79 Å². The predicted molar refractivity (Wildman–Crippen MR) is 73.0 cm³/mol. The van der Waals surface area contributed by atoms with Crippen LogP contribution in [-0.4, -0.2) is 11.9 Å². The predicted octanol–water partition coefficient (Wildman–Crippen LogP) is 4.07. The second-order valence-corrected chi connectivity index (χ2v) is 5.99. The number of rotatable bonds is 5. The van der Waals surface area contributed by atoms with Crippen molar-refractivity contribution in [3.63, 3.8) is 0 Å². The fourth-order valence-corrected chi connectivity index (χ4v) is 3.03. The van der Waals surface area contributed by atoms with Crippen LogP contribution >= 0.6 is 27.3 Å². The number of carbonyl (C=O) groups is 1. The highest BCUT2D eigenvalue weighted by atomic mass is 79.9. The number of amides is 1. The summed E-state index contributed by atoms with van der Waals surface area (Å²) in [5.41, 5.74) is 0. The average molecular weight is 304 g/mol. The number of thiophene rings is 1. The standard InChI is InChI=1S/C12H18BrNOS/c1-4-8(2)7-9(3)14-12(15)11-10(13)5-6-16-11/h5-6,8-9H,4,7H2,1-3H3,(H,14,15)/t8-,9-/m1/s1. The number of halogens is 1. The Kier molecular flexibility index (Phi) is 5.49. The summed E-state index contributed by atoms with van der Waals surface area (Å²) in [4.78, 5) is 12.6. The molecule has 1 aromatic heterocycles. The van der Waals surface area contributed by atoms with E-state index in [0.29, 0.717) is 5.92 Å². The highest BCUT2D eigenvalue weighted by Gasteiger charge is 2.15. The summed E-state index contributed by atoms with van der Waals surface area (Å²) < 4.78 is 0.880. The SMILES string of the molecule is CC[C@@H](C)C[C@@H](C)NC(=O)c1sccc1Br. The van der Waals surface area contributed by atoms with Crippen molar-refractivity contribution in [3.05, 3.63) is 20.8 Å². The van der Waals surface area contributed by atoms with Gasteiger partial charge in [-0.25, -0.2) is 0 Å². The lowest BCUT2D eigenvalue weighted by molar-refractivity contribution is 0.0939. The van der Waals surface area contributed by atoms with Crippen LogP contribution < -0.4 is 5.32 Å². The largest absolute Gasteiger partial charge is 0.349 e. The van der Waals surface area contributed by atoms with E-state index in [-0.39, 0.29) is 11.9 Å². The quantitative estimate of drug-likeness (QED) is 0.873. The van der Waals surface area contributed by atoms with Crippen molar-refractivity contribution in [2.24, 2.45) is 5.92 Å². The van der Waals surface area contributed by atoms with Gasteiger partial charge in [0.1, 0.15) is 4.88 Å². The summed E-state index contributed by atoms with van der Waals surface area (Å²) in [5.74, 6) is 0.680. The molecule has 1 aromatic rings. The first kappa shape index (κ1) is 13.7. The van der Waals surface area contributed by atoms with Crippen molar-refractivity contribution in [2.75, 3.05) is 0 Å². The lowest BCUT2D eigenvalue weighted by atomic mass is 10.0. The molecule has 1 amide bonds. The highest BCUT2D eigenvalue weighted by molar-refractivity contribution is 9.10. The van der Waals surface area contributed by atoms with Gasteiger partial charge in [-0.15, -0.1) is 11.3 Å². The van der Waals surface area contributed by atoms with E-state index >= 15 is 0 Å². The fraction of sp³-hybridized carbons (Fsp3) is 0.583. The number of hydrogen-bond donors (Lipinski definition) is 1. The van der Waals surface area contributed by atoms with Gasteiger partial charge in [0, 0.05) is 10.5 Å². The van der Waals surface area contributed by atoms with E-state index in [1.54, 1.807) is 0 Å². The van der Waals surface area contributed by atoms with Gasteiger partial charge in [0.25, 0.3) is 5.91 Å². The maximum absolute atomic E-state index is 11.9. The van der Waals surface area contributed by atoms with Crippen molar-refractivity contribution in [1.29, 1.82) is 0 Å². The van der Waals surface area contributed by atoms with Crippen molar-refractivity contribution in [1.82, 2.24) is 5.32 Å². The zero-order valence-electron chi connectivity index (χ0n) is 9.92. The first-order valence-electron chi connectivity index (χ1n) is 5.58. The van der Waals surface area contributed by atoms with E-state index in [0.717, 1.165) is 22.2 Å². The van der Waals surface area contributed by atoms with Gasteiger partial charge in [-0.05, 0) is 46.6 Å². The third-order valence-electron chi connectivity index (χ3n) is 2.65. The zero-order valence-corrected chi connectivity index (χ0v) is 12.3. The molecule has 0 radical (unpaired) electrons. The van der Waals surface area contributed by atoms with E-state index in [1.807, 2.05) is 11.4 Å². The van der Waals surface area contributed by atoms with Crippen LogP contribution in [0, 0.1) is 5.92 Å². The first-order valence-corrected chi connectivity index (χ1v) is 7.25. The summed E-state index contributed by atoms with van der Waals surface area (Å²) in [6.45, 7) is 6.45. The second kappa shape index (κ2) is 6.40. The van der Waals surface area contributed by atoms with Crippen LogP contribution in [0.3, 0.4) is 0 Å². The topological polar surface area (TPSA) is 29.1 Å². The zero-order chi connectivity index (χ0) is 12.1. The summed E-state index contributed by atoms with van der Waals surface area (Å²) >= 11 is 4.84. The van der Waals surface area contributed by atoms with Gasteiger partial charge in [-0.3, -0.25) is 4.79 Å². The van der Waals surface area contributed by atoms with E-state index < -0.39 is 0 Å². The third-order valence-corrected chi connectivity index (χ3v) is 4.49. The molecule has 0 spiro atoms. The molecule has 1 rings (SSSR count). The normalized spacial score (nSPS) is 14.5. The third kappa shape index (κ3) is 3.91. The van der Waals surface area contributed by atoms with Crippen LogP contribution in [0.4, 0.5) is 0 Å². The lowest BCUT2D eigenvalue weighted by Gasteiger charge is -2.17. The van der Waals surface area contributed by atoms with Gasteiger partial charge in [0.05, 0.1) is 0 Å². The average Bonchev–Trinajstić information content (AvgIpc) is 2.63. The Labute approximate surface area is 110 Å². The maximum atomic E-state index is 11.9. The van der Waals surface area contributed by atoms with E-state index in [2.05, 4.69) is 42.0 Å². The molecule has 0 aliphatic rings. The molecule has 0 aliphatic heterocycles. The van der Waals surface area contributed by atoms with Crippen LogP contribution in [-0.2, 0) is 0 Å². The maximum Gasteiger partial charge on any atom is 0.262 e. The molecule has 0 unspecified atom stereocenters. The fourth-order valence-electron chi connectivity index (χ4n) is 1.57. The minimum absolute atomic E-state index is 0.0256. The van der Waals surface area contributed by atoms with Gasteiger partial charge in [0.2, 0.25) is 0 Å². The minimum Gasteiger partial charge on any atom is -0.349 e. The molecule has 90 valence electrons. The lowest BCUT2D eigenvalue weighted by Crippen LogP contribution is -2.33. The molecular weight excluding hydrogens is 286 g/mol. The summed E-state index contributed by atoms with van der Waals surface area (Å²) in [7, 11) is 0. The van der Waals surface area contributed by atoms with Gasteiger partial charge < -0.3 is 5.32 Å². The summed E-state index contributed by atoms with van der Waals surface area (Å²) in [6, 6.07) is 2.13. The van der Waals surface area contributed by atoms with E-state index in [4.69, 9.17) is 0 Å². The molecule has 0 bridgehead atoms. The molecule has 16 heavy (non-hydrogen) atoms. The Morgan fingerprint density at radius 1 is 1.56 bits per heavy atom. The molecule has 0 aliphatic carbocycles. The van der Waals surface area contributed by atoms with Gasteiger partial charge in [-0.2, -0.15) is 0 Å². The van der Waals surface area contributed by atoms with Crippen LogP contribution in [0.1, 0.15) is 43.3 Å².